The number of carbonyl (C=O) groups excluding carboxylic acids is 1. The zero-order valence-electron chi connectivity index (χ0n) is 15.2. The molecule has 1 spiro atoms. The third-order valence-electron chi connectivity index (χ3n) is 5.45. The maximum atomic E-state index is 12.9. The highest BCUT2D eigenvalue weighted by Gasteiger charge is 2.38. The molecule has 1 aliphatic carbocycles. The minimum absolute atomic E-state index is 0.0874. The molecule has 1 saturated heterocycles. The molecule has 2 fully saturated rings. The van der Waals surface area contributed by atoms with Crippen molar-refractivity contribution in [1.82, 2.24) is 14.6 Å². The molecule has 0 unspecified atom stereocenters. The number of hydrogen-bond donors (Lipinski definition) is 2. The van der Waals surface area contributed by atoms with Crippen LogP contribution in [-0.4, -0.2) is 43.3 Å². The van der Waals surface area contributed by atoms with E-state index < -0.39 is 10.0 Å². The van der Waals surface area contributed by atoms with E-state index >= 15 is 0 Å². The van der Waals surface area contributed by atoms with Gasteiger partial charge in [-0.05, 0) is 51.0 Å². The molecule has 1 saturated carbocycles. The van der Waals surface area contributed by atoms with Gasteiger partial charge >= 0.3 is 0 Å². The van der Waals surface area contributed by atoms with Crippen molar-refractivity contribution in [1.29, 1.82) is 0 Å². The Labute approximate surface area is 150 Å². The van der Waals surface area contributed by atoms with Gasteiger partial charge in [0.25, 0.3) is 5.91 Å². The second-order valence-electron chi connectivity index (χ2n) is 7.92. The predicted molar refractivity (Wildman–Crippen MR) is 96.9 cm³/mol. The Bertz CT molecular complexity index is 712. The van der Waals surface area contributed by atoms with Crippen LogP contribution in [0, 0.1) is 5.41 Å². The summed E-state index contributed by atoms with van der Waals surface area (Å²) < 4.78 is 27.0. The number of carbonyl (C=O) groups is 1. The van der Waals surface area contributed by atoms with Crippen LogP contribution >= 0.6 is 0 Å². The summed E-state index contributed by atoms with van der Waals surface area (Å²) in [4.78, 5) is 17.8. The lowest BCUT2D eigenvalue weighted by Crippen LogP contribution is -2.47. The van der Waals surface area contributed by atoms with E-state index in [0.717, 1.165) is 19.5 Å². The minimum atomic E-state index is -3.58. The van der Waals surface area contributed by atoms with E-state index in [0.29, 0.717) is 5.69 Å². The normalized spacial score (nSPS) is 21.0. The second-order valence-corrected chi connectivity index (χ2v) is 9.63. The van der Waals surface area contributed by atoms with Gasteiger partial charge in [0.1, 0.15) is 10.6 Å². The van der Waals surface area contributed by atoms with Crippen LogP contribution in [0.2, 0.25) is 0 Å². The first kappa shape index (κ1) is 18.5. The van der Waals surface area contributed by atoms with Crippen molar-refractivity contribution < 1.29 is 13.2 Å². The number of aromatic amines is 1. The van der Waals surface area contributed by atoms with Crippen molar-refractivity contribution in [3.05, 3.63) is 18.0 Å². The second kappa shape index (κ2) is 7.11. The van der Waals surface area contributed by atoms with Gasteiger partial charge in [-0.25, -0.2) is 13.1 Å². The largest absolute Gasteiger partial charge is 0.356 e. The molecular weight excluding hydrogens is 338 g/mol. The van der Waals surface area contributed by atoms with E-state index in [-0.39, 0.29) is 22.3 Å². The lowest BCUT2D eigenvalue weighted by Gasteiger charge is -2.45. The van der Waals surface area contributed by atoms with Crippen LogP contribution in [0.3, 0.4) is 0 Å². The monoisotopic (exact) mass is 367 g/mol. The number of hydrogen-bond acceptors (Lipinski definition) is 3. The van der Waals surface area contributed by atoms with Gasteiger partial charge in [0.2, 0.25) is 10.0 Å². The van der Waals surface area contributed by atoms with Gasteiger partial charge in [0.15, 0.2) is 0 Å². The van der Waals surface area contributed by atoms with E-state index in [4.69, 9.17) is 0 Å². The number of nitrogens with zero attached hydrogens (tertiary/aromatic N) is 1. The van der Waals surface area contributed by atoms with Crippen molar-refractivity contribution in [3.8, 4) is 0 Å². The van der Waals surface area contributed by atoms with Crippen LogP contribution in [0.5, 0.6) is 0 Å². The summed E-state index contributed by atoms with van der Waals surface area (Å²) in [5.41, 5.74) is 0.643. The van der Waals surface area contributed by atoms with Crippen LogP contribution in [0.4, 0.5) is 0 Å². The van der Waals surface area contributed by atoms with Crippen molar-refractivity contribution >= 4 is 15.9 Å². The lowest BCUT2D eigenvalue weighted by molar-refractivity contribution is 0.0380. The maximum Gasteiger partial charge on any atom is 0.270 e. The molecule has 7 heteroatoms. The molecule has 140 valence electrons. The fourth-order valence-corrected chi connectivity index (χ4v) is 5.54. The summed E-state index contributed by atoms with van der Waals surface area (Å²) in [6.07, 6.45) is 9.88. The van der Waals surface area contributed by atoms with Crippen LogP contribution in [0.25, 0.3) is 0 Å². The Kier molecular flexibility index (Phi) is 5.25. The molecule has 3 rings (SSSR count). The maximum absolute atomic E-state index is 12.9. The third kappa shape index (κ3) is 4.08. The number of rotatable bonds is 4. The lowest BCUT2D eigenvalue weighted by atomic mass is 9.69. The van der Waals surface area contributed by atoms with E-state index in [1.54, 1.807) is 13.8 Å². The molecule has 1 aromatic heterocycles. The SMILES string of the molecule is CC(C)NS(=O)(=O)c1c[nH]c(C(=O)N2CCCC3(CCCCC3)C2)c1. The number of sulfonamides is 1. The van der Waals surface area contributed by atoms with Crippen molar-refractivity contribution in [2.45, 2.75) is 69.7 Å². The molecule has 2 aliphatic rings. The molecule has 0 radical (unpaired) electrons. The number of aromatic nitrogens is 1. The molecule has 1 aliphatic heterocycles. The Balaban J connectivity index is 1.73. The van der Waals surface area contributed by atoms with Gasteiger partial charge in [-0.15, -0.1) is 0 Å². The van der Waals surface area contributed by atoms with Crippen LogP contribution in [-0.2, 0) is 10.0 Å². The van der Waals surface area contributed by atoms with E-state index in [1.807, 2.05) is 4.90 Å². The summed E-state index contributed by atoms with van der Waals surface area (Å²) >= 11 is 0. The van der Waals surface area contributed by atoms with Gasteiger partial charge < -0.3 is 9.88 Å². The highest BCUT2D eigenvalue weighted by Crippen LogP contribution is 2.43. The molecule has 25 heavy (non-hydrogen) atoms. The van der Waals surface area contributed by atoms with Gasteiger partial charge in [-0.3, -0.25) is 4.79 Å². The average molecular weight is 368 g/mol. The molecule has 2 N–H and O–H groups in total. The van der Waals surface area contributed by atoms with E-state index in [1.165, 1.54) is 50.8 Å². The topological polar surface area (TPSA) is 82.3 Å². The van der Waals surface area contributed by atoms with Crippen molar-refractivity contribution in [3.63, 3.8) is 0 Å². The number of nitrogens with one attached hydrogen (secondary N) is 2. The fraction of sp³-hybridized carbons (Fsp3) is 0.722. The first-order chi connectivity index (χ1) is 11.8. The standard InChI is InChI=1S/C18H29N3O3S/c1-14(2)20-25(23,24)15-11-16(19-12-15)17(22)21-10-6-9-18(13-21)7-4-3-5-8-18/h11-12,14,19-20H,3-10,13H2,1-2H3. The van der Waals surface area contributed by atoms with Gasteiger partial charge in [-0.2, -0.15) is 0 Å². The molecule has 2 heterocycles. The first-order valence-electron chi connectivity index (χ1n) is 9.31. The average Bonchev–Trinajstić information content (AvgIpc) is 3.04. The summed E-state index contributed by atoms with van der Waals surface area (Å²) in [6, 6.07) is 1.27. The molecular formula is C18H29N3O3S. The Morgan fingerprint density at radius 3 is 2.56 bits per heavy atom. The fourth-order valence-electron chi connectivity index (χ4n) is 4.29. The van der Waals surface area contributed by atoms with Crippen LogP contribution in [0.1, 0.15) is 69.3 Å². The molecule has 0 bridgehead atoms. The van der Waals surface area contributed by atoms with Crippen molar-refractivity contribution in [2.75, 3.05) is 13.1 Å². The summed E-state index contributed by atoms with van der Waals surface area (Å²) in [5, 5.41) is 0. The van der Waals surface area contributed by atoms with Crippen LogP contribution in [0.15, 0.2) is 17.2 Å². The molecule has 1 aromatic rings. The summed E-state index contributed by atoms with van der Waals surface area (Å²) in [7, 11) is -3.58. The molecule has 0 atom stereocenters. The van der Waals surface area contributed by atoms with Crippen LogP contribution < -0.4 is 4.72 Å². The number of H-pyrrole nitrogens is 1. The first-order valence-corrected chi connectivity index (χ1v) is 10.8. The van der Waals surface area contributed by atoms with E-state index in [2.05, 4.69) is 9.71 Å². The van der Waals surface area contributed by atoms with Gasteiger partial charge in [-0.1, -0.05) is 19.3 Å². The number of amides is 1. The Morgan fingerprint density at radius 2 is 1.88 bits per heavy atom. The van der Waals surface area contributed by atoms with Crippen molar-refractivity contribution in [2.24, 2.45) is 5.41 Å². The third-order valence-corrected chi connectivity index (χ3v) is 7.09. The van der Waals surface area contributed by atoms with Gasteiger partial charge in [0.05, 0.1) is 0 Å². The molecule has 6 nitrogen and oxygen atoms in total. The quantitative estimate of drug-likeness (QED) is 0.858. The minimum Gasteiger partial charge on any atom is -0.356 e. The molecule has 1 amide bonds. The highest BCUT2D eigenvalue weighted by atomic mass is 32.2. The van der Waals surface area contributed by atoms with E-state index in [9.17, 15) is 13.2 Å². The smallest absolute Gasteiger partial charge is 0.270 e. The summed E-state index contributed by atoms with van der Waals surface area (Å²) in [6.45, 7) is 5.10. The Morgan fingerprint density at radius 1 is 1.20 bits per heavy atom. The number of piperidine rings is 1. The van der Waals surface area contributed by atoms with Gasteiger partial charge in [0, 0.05) is 25.3 Å². The Hall–Kier alpha value is -1.34. The zero-order valence-corrected chi connectivity index (χ0v) is 16.0. The molecule has 0 aromatic carbocycles. The zero-order chi connectivity index (χ0) is 18.1. The highest BCUT2D eigenvalue weighted by molar-refractivity contribution is 7.89. The number of likely N-dealkylation sites (tertiary alicyclic amines) is 1. The summed E-state index contributed by atoms with van der Waals surface area (Å²) in [5.74, 6) is -0.0874. The predicted octanol–water partition coefficient (Wildman–Crippen LogP) is 2.89.